The van der Waals surface area contributed by atoms with Crippen LogP contribution in [0.5, 0.6) is 0 Å². The molecule has 84 valence electrons. The van der Waals surface area contributed by atoms with E-state index in [-0.39, 0.29) is 0 Å². The molecular formula is C13H27N. The average Bonchev–Trinajstić information content (AvgIpc) is 2.92. The molecule has 0 heterocycles. The summed E-state index contributed by atoms with van der Waals surface area (Å²) in [4.78, 5) is 0. The molecule has 1 saturated carbocycles. The summed E-state index contributed by atoms with van der Waals surface area (Å²) in [5.74, 6) is 0.877. The first-order valence-corrected chi connectivity index (χ1v) is 6.38. The zero-order chi connectivity index (χ0) is 10.6. The highest BCUT2D eigenvalue weighted by Crippen LogP contribution is 2.49. The molecule has 1 heteroatoms. The Morgan fingerprint density at radius 3 is 2.36 bits per heavy atom. The van der Waals surface area contributed by atoms with Crippen LogP contribution in [0.2, 0.25) is 0 Å². The fraction of sp³-hybridized carbons (Fsp3) is 1.00. The Bertz CT molecular complexity index is 161. The first kappa shape index (κ1) is 12.0. The lowest BCUT2D eigenvalue weighted by atomic mass is 9.86. The van der Waals surface area contributed by atoms with Crippen LogP contribution in [0.25, 0.3) is 0 Å². The van der Waals surface area contributed by atoms with Crippen molar-refractivity contribution >= 4 is 0 Å². The Hall–Kier alpha value is -0.0400. The average molecular weight is 197 g/mol. The van der Waals surface area contributed by atoms with Gasteiger partial charge in [0.2, 0.25) is 0 Å². The van der Waals surface area contributed by atoms with Crippen LogP contribution in [0.4, 0.5) is 0 Å². The molecule has 0 saturated heterocycles. The lowest BCUT2D eigenvalue weighted by Crippen LogP contribution is -2.31. The molecule has 0 radical (unpaired) electrons. The summed E-state index contributed by atoms with van der Waals surface area (Å²) in [5.41, 5.74) is 6.77. The Morgan fingerprint density at radius 2 is 1.93 bits per heavy atom. The highest BCUT2D eigenvalue weighted by molar-refractivity contribution is 4.97. The van der Waals surface area contributed by atoms with Crippen LogP contribution >= 0.6 is 0 Å². The van der Waals surface area contributed by atoms with Crippen LogP contribution in [-0.4, -0.2) is 6.04 Å². The van der Waals surface area contributed by atoms with Gasteiger partial charge in [-0.3, -0.25) is 0 Å². The standard InChI is InChI=1S/C13H27N/c1-4-6-7-11(5-2)10-12(14)13(3)8-9-13/h11-12H,4-10,14H2,1-3H3. The third-order valence-electron chi connectivity index (χ3n) is 4.06. The molecule has 14 heavy (non-hydrogen) atoms. The van der Waals surface area contributed by atoms with Gasteiger partial charge in [0.25, 0.3) is 0 Å². The molecule has 1 aliphatic carbocycles. The van der Waals surface area contributed by atoms with Crippen molar-refractivity contribution in [2.24, 2.45) is 17.1 Å². The molecule has 0 aliphatic heterocycles. The zero-order valence-electron chi connectivity index (χ0n) is 10.2. The van der Waals surface area contributed by atoms with Gasteiger partial charge >= 0.3 is 0 Å². The zero-order valence-corrected chi connectivity index (χ0v) is 10.2. The van der Waals surface area contributed by atoms with E-state index in [9.17, 15) is 0 Å². The number of hydrogen-bond acceptors (Lipinski definition) is 1. The molecule has 1 aliphatic rings. The first-order chi connectivity index (χ1) is 6.62. The predicted molar refractivity (Wildman–Crippen MR) is 63.2 cm³/mol. The molecule has 2 atom stereocenters. The quantitative estimate of drug-likeness (QED) is 0.661. The van der Waals surface area contributed by atoms with Crippen molar-refractivity contribution in [3.8, 4) is 0 Å². The van der Waals surface area contributed by atoms with E-state index in [4.69, 9.17) is 5.73 Å². The number of unbranched alkanes of at least 4 members (excludes halogenated alkanes) is 1. The van der Waals surface area contributed by atoms with Gasteiger partial charge in [-0.05, 0) is 30.6 Å². The van der Waals surface area contributed by atoms with E-state index in [1.807, 2.05) is 0 Å². The summed E-state index contributed by atoms with van der Waals surface area (Å²) in [6, 6.07) is 0.462. The number of rotatable bonds is 7. The summed E-state index contributed by atoms with van der Waals surface area (Å²) in [7, 11) is 0. The molecule has 0 aromatic heterocycles. The number of hydrogen-bond donors (Lipinski definition) is 1. The van der Waals surface area contributed by atoms with Gasteiger partial charge in [0, 0.05) is 6.04 Å². The number of nitrogens with two attached hydrogens (primary N) is 1. The molecule has 0 aromatic carbocycles. The van der Waals surface area contributed by atoms with Gasteiger partial charge in [0.1, 0.15) is 0 Å². The van der Waals surface area contributed by atoms with Crippen LogP contribution in [-0.2, 0) is 0 Å². The van der Waals surface area contributed by atoms with Crippen molar-refractivity contribution < 1.29 is 0 Å². The highest BCUT2D eigenvalue weighted by Gasteiger charge is 2.43. The second-order valence-electron chi connectivity index (χ2n) is 5.41. The minimum atomic E-state index is 0.462. The van der Waals surface area contributed by atoms with Gasteiger partial charge < -0.3 is 5.73 Å². The molecule has 0 amide bonds. The fourth-order valence-electron chi connectivity index (χ4n) is 2.19. The molecule has 1 fully saturated rings. The van der Waals surface area contributed by atoms with E-state index in [2.05, 4.69) is 20.8 Å². The van der Waals surface area contributed by atoms with E-state index >= 15 is 0 Å². The van der Waals surface area contributed by atoms with Crippen molar-refractivity contribution in [1.82, 2.24) is 0 Å². The molecule has 2 N–H and O–H groups in total. The molecule has 0 bridgehead atoms. The second kappa shape index (κ2) is 5.16. The van der Waals surface area contributed by atoms with Crippen molar-refractivity contribution in [2.75, 3.05) is 0 Å². The minimum absolute atomic E-state index is 0.462. The summed E-state index contributed by atoms with van der Waals surface area (Å²) in [6.07, 6.45) is 9.37. The van der Waals surface area contributed by atoms with Gasteiger partial charge in [-0.1, -0.05) is 46.5 Å². The van der Waals surface area contributed by atoms with Crippen molar-refractivity contribution in [3.05, 3.63) is 0 Å². The Labute approximate surface area is 89.5 Å². The van der Waals surface area contributed by atoms with Gasteiger partial charge in [0.15, 0.2) is 0 Å². The highest BCUT2D eigenvalue weighted by atomic mass is 14.7. The predicted octanol–water partition coefficient (Wildman–Crippen LogP) is 3.72. The van der Waals surface area contributed by atoms with Gasteiger partial charge in [-0.25, -0.2) is 0 Å². The summed E-state index contributed by atoms with van der Waals surface area (Å²) >= 11 is 0. The van der Waals surface area contributed by atoms with E-state index < -0.39 is 0 Å². The van der Waals surface area contributed by atoms with E-state index in [0.717, 1.165) is 5.92 Å². The molecule has 1 rings (SSSR count). The van der Waals surface area contributed by atoms with E-state index in [1.54, 1.807) is 0 Å². The molecule has 0 aromatic rings. The van der Waals surface area contributed by atoms with Crippen molar-refractivity contribution in [1.29, 1.82) is 0 Å². The summed E-state index contributed by atoms with van der Waals surface area (Å²) in [5, 5.41) is 0. The molecule has 2 unspecified atom stereocenters. The maximum absolute atomic E-state index is 6.26. The maximum atomic E-state index is 6.26. The third-order valence-corrected chi connectivity index (χ3v) is 4.06. The lowest BCUT2D eigenvalue weighted by molar-refractivity contribution is 0.318. The molecule has 0 spiro atoms. The Balaban J connectivity index is 2.24. The van der Waals surface area contributed by atoms with Gasteiger partial charge in [-0.2, -0.15) is 0 Å². The monoisotopic (exact) mass is 197 g/mol. The Kier molecular flexibility index (Phi) is 4.43. The van der Waals surface area contributed by atoms with Crippen LogP contribution in [0.3, 0.4) is 0 Å². The fourth-order valence-corrected chi connectivity index (χ4v) is 2.19. The van der Waals surface area contributed by atoms with Crippen molar-refractivity contribution in [3.63, 3.8) is 0 Å². The van der Waals surface area contributed by atoms with E-state index in [0.29, 0.717) is 11.5 Å². The molecule has 1 nitrogen and oxygen atoms in total. The topological polar surface area (TPSA) is 26.0 Å². The van der Waals surface area contributed by atoms with Crippen molar-refractivity contribution in [2.45, 2.75) is 71.8 Å². The second-order valence-corrected chi connectivity index (χ2v) is 5.41. The summed E-state index contributed by atoms with van der Waals surface area (Å²) < 4.78 is 0. The summed E-state index contributed by atoms with van der Waals surface area (Å²) in [6.45, 7) is 6.93. The smallest absolute Gasteiger partial charge is 0.00955 e. The lowest BCUT2D eigenvalue weighted by Gasteiger charge is -2.24. The van der Waals surface area contributed by atoms with Gasteiger partial charge in [-0.15, -0.1) is 0 Å². The molecular weight excluding hydrogens is 170 g/mol. The normalized spacial score (nSPS) is 23.1. The van der Waals surface area contributed by atoms with Crippen LogP contribution in [0.15, 0.2) is 0 Å². The van der Waals surface area contributed by atoms with Crippen LogP contribution in [0.1, 0.15) is 65.7 Å². The Morgan fingerprint density at radius 1 is 1.29 bits per heavy atom. The van der Waals surface area contributed by atoms with Crippen LogP contribution in [0, 0.1) is 11.3 Å². The maximum Gasteiger partial charge on any atom is 0.00955 e. The SMILES string of the molecule is CCCCC(CC)CC(N)C1(C)CC1. The third kappa shape index (κ3) is 3.27. The van der Waals surface area contributed by atoms with Gasteiger partial charge in [0.05, 0.1) is 0 Å². The van der Waals surface area contributed by atoms with E-state index in [1.165, 1.54) is 44.9 Å². The largest absolute Gasteiger partial charge is 0.327 e. The first-order valence-electron chi connectivity index (χ1n) is 6.38. The minimum Gasteiger partial charge on any atom is -0.327 e. The van der Waals surface area contributed by atoms with Crippen LogP contribution < -0.4 is 5.73 Å².